The van der Waals surface area contributed by atoms with Gasteiger partial charge in [0.25, 0.3) is 11.6 Å². The number of hydrogen-bond donors (Lipinski definition) is 1. The number of nitrogens with zero attached hydrogens (tertiary/aromatic N) is 1. The number of anilines is 1. The number of nitro groups is 1. The maximum Gasteiger partial charge on any atom is 0.338 e. The van der Waals surface area contributed by atoms with E-state index in [4.69, 9.17) is 16.3 Å². The standard InChI is InChI=1S/C17H15ClN2O5/c1-2-9-25-17(22)11-3-6-13(7-4-11)19-16(21)14-10-12(18)5-8-15(14)20(23)24/h3-8,10H,2,9H2,1H3,(H,19,21). The summed E-state index contributed by atoms with van der Waals surface area (Å²) in [4.78, 5) is 34.4. The minimum atomic E-state index is -0.671. The normalized spacial score (nSPS) is 10.2. The molecule has 0 bridgehead atoms. The summed E-state index contributed by atoms with van der Waals surface area (Å²) < 4.78 is 5.01. The van der Waals surface area contributed by atoms with E-state index < -0.39 is 16.8 Å². The van der Waals surface area contributed by atoms with E-state index in [9.17, 15) is 19.7 Å². The van der Waals surface area contributed by atoms with Crippen molar-refractivity contribution in [1.82, 2.24) is 0 Å². The van der Waals surface area contributed by atoms with Crippen LogP contribution in [0.3, 0.4) is 0 Å². The highest BCUT2D eigenvalue weighted by molar-refractivity contribution is 6.31. The van der Waals surface area contributed by atoms with Crippen molar-refractivity contribution < 1.29 is 19.2 Å². The Kier molecular flexibility index (Phi) is 6.08. The quantitative estimate of drug-likeness (QED) is 0.474. The number of esters is 1. The van der Waals surface area contributed by atoms with Crippen LogP contribution in [0.2, 0.25) is 5.02 Å². The highest BCUT2D eigenvalue weighted by Gasteiger charge is 2.20. The van der Waals surface area contributed by atoms with Crippen LogP contribution in [0.1, 0.15) is 34.1 Å². The molecule has 8 heteroatoms. The molecule has 0 aromatic heterocycles. The first-order valence-corrected chi connectivity index (χ1v) is 7.82. The van der Waals surface area contributed by atoms with E-state index in [1.165, 1.54) is 42.5 Å². The number of hydrogen-bond acceptors (Lipinski definition) is 5. The van der Waals surface area contributed by atoms with E-state index in [0.29, 0.717) is 17.9 Å². The summed E-state index contributed by atoms with van der Waals surface area (Å²) in [6, 6.07) is 9.76. The van der Waals surface area contributed by atoms with Crippen molar-refractivity contribution in [2.24, 2.45) is 0 Å². The predicted octanol–water partition coefficient (Wildman–Crippen LogP) is 4.07. The Morgan fingerprint density at radius 1 is 1.20 bits per heavy atom. The molecule has 2 rings (SSSR count). The van der Waals surface area contributed by atoms with Crippen LogP contribution < -0.4 is 5.32 Å². The van der Waals surface area contributed by atoms with Gasteiger partial charge in [0.15, 0.2) is 0 Å². The zero-order valence-electron chi connectivity index (χ0n) is 13.3. The van der Waals surface area contributed by atoms with Gasteiger partial charge in [0, 0.05) is 16.8 Å². The summed E-state index contributed by atoms with van der Waals surface area (Å²) in [6.07, 6.45) is 0.721. The predicted molar refractivity (Wildman–Crippen MR) is 93.1 cm³/mol. The number of rotatable bonds is 6. The molecule has 130 valence electrons. The average Bonchev–Trinajstić information content (AvgIpc) is 2.59. The van der Waals surface area contributed by atoms with Crippen molar-refractivity contribution in [3.05, 3.63) is 68.7 Å². The number of carbonyl (C=O) groups is 2. The Balaban J connectivity index is 2.15. The molecule has 0 unspecified atom stereocenters. The second kappa shape index (κ2) is 8.25. The lowest BCUT2D eigenvalue weighted by molar-refractivity contribution is -0.385. The van der Waals surface area contributed by atoms with Crippen molar-refractivity contribution >= 4 is 34.9 Å². The first kappa shape index (κ1) is 18.4. The number of ether oxygens (including phenoxy) is 1. The van der Waals surface area contributed by atoms with Gasteiger partial charge in [-0.15, -0.1) is 0 Å². The molecule has 0 spiro atoms. The second-order valence-corrected chi connectivity index (χ2v) is 5.52. The molecule has 7 nitrogen and oxygen atoms in total. The number of amides is 1. The first-order chi connectivity index (χ1) is 11.9. The number of carbonyl (C=O) groups excluding carboxylic acids is 2. The van der Waals surface area contributed by atoms with Crippen LogP contribution in [0.15, 0.2) is 42.5 Å². The third-order valence-corrected chi connectivity index (χ3v) is 3.45. The molecule has 0 aliphatic heterocycles. The molecule has 0 fully saturated rings. The average molecular weight is 363 g/mol. The summed E-state index contributed by atoms with van der Waals surface area (Å²) in [5, 5.41) is 13.8. The molecule has 0 radical (unpaired) electrons. The van der Waals surface area contributed by atoms with Crippen molar-refractivity contribution in [2.45, 2.75) is 13.3 Å². The number of halogens is 1. The molecule has 25 heavy (non-hydrogen) atoms. The molecule has 0 atom stereocenters. The lowest BCUT2D eigenvalue weighted by atomic mass is 10.1. The third-order valence-electron chi connectivity index (χ3n) is 3.22. The topological polar surface area (TPSA) is 98.5 Å². The van der Waals surface area contributed by atoms with E-state index in [-0.39, 0.29) is 16.3 Å². The monoisotopic (exact) mass is 362 g/mol. The van der Waals surface area contributed by atoms with Gasteiger partial charge in [-0.1, -0.05) is 18.5 Å². The molecule has 0 aliphatic carbocycles. The molecule has 2 aromatic rings. The molecule has 1 N–H and O–H groups in total. The van der Waals surface area contributed by atoms with E-state index >= 15 is 0 Å². The Bertz CT molecular complexity index is 805. The highest BCUT2D eigenvalue weighted by Crippen LogP contribution is 2.24. The minimum absolute atomic E-state index is 0.149. The molecule has 0 aliphatic rings. The highest BCUT2D eigenvalue weighted by atomic mass is 35.5. The largest absolute Gasteiger partial charge is 0.462 e. The zero-order chi connectivity index (χ0) is 18.4. The van der Waals surface area contributed by atoms with Crippen LogP contribution in [-0.4, -0.2) is 23.4 Å². The van der Waals surface area contributed by atoms with Crippen LogP contribution in [0, 0.1) is 10.1 Å². The number of nitrogens with one attached hydrogen (secondary N) is 1. The van der Waals surface area contributed by atoms with Crippen molar-refractivity contribution in [3.8, 4) is 0 Å². The van der Waals surface area contributed by atoms with Gasteiger partial charge in [-0.05, 0) is 42.8 Å². The lowest BCUT2D eigenvalue weighted by Crippen LogP contribution is -2.14. The fourth-order valence-corrected chi connectivity index (χ4v) is 2.19. The van der Waals surface area contributed by atoms with Gasteiger partial charge >= 0.3 is 5.97 Å². The van der Waals surface area contributed by atoms with Crippen molar-refractivity contribution in [2.75, 3.05) is 11.9 Å². The third kappa shape index (κ3) is 4.77. The van der Waals surface area contributed by atoms with Gasteiger partial charge in [0.2, 0.25) is 0 Å². The maximum atomic E-state index is 12.3. The number of nitro benzene ring substituents is 1. The van der Waals surface area contributed by atoms with Gasteiger partial charge in [-0.2, -0.15) is 0 Å². The SMILES string of the molecule is CCCOC(=O)c1ccc(NC(=O)c2cc(Cl)ccc2[N+](=O)[O-])cc1. The summed E-state index contributed by atoms with van der Waals surface area (Å²) >= 11 is 5.81. The molecular weight excluding hydrogens is 348 g/mol. The zero-order valence-corrected chi connectivity index (χ0v) is 14.1. The molecule has 0 heterocycles. The van der Waals surface area contributed by atoms with Crippen LogP contribution in [0.25, 0.3) is 0 Å². The van der Waals surface area contributed by atoms with Crippen LogP contribution >= 0.6 is 11.6 Å². The molecule has 0 saturated carbocycles. The van der Waals surface area contributed by atoms with Gasteiger partial charge in [-0.3, -0.25) is 14.9 Å². The van der Waals surface area contributed by atoms with Crippen molar-refractivity contribution in [3.63, 3.8) is 0 Å². The van der Waals surface area contributed by atoms with E-state index in [1.807, 2.05) is 6.92 Å². The minimum Gasteiger partial charge on any atom is -0.462 e. The molecule has 0 saturated heterocycles. The summed E-state index contributed by atoms with van der Waals surface area (Å²) in [7, 11) is 0. The molecule has 2 aromatic carbocycles. The Morgan fingerprint density at radius 2 is 1.88 bits per heavy atom. The Hall–Kier alpha value is -2.93. The van der Waals surface area contributed by atoms with Crippen LogP contribution in [0.5, 0.6) is 0 Å². The fourth-order valence-electron chi connectivity index (χ4n) is 2.02. The smallest absolute Gasteiger partial charge is 0.338 e. The Labute approximate surface area is 148 Å². The summed E-state index contributed by atoms with van der Waals surface area (Å²) in [6.45, 7) is 2.22. The maximum absolute atomic E-state index is 12.3. The second-order valence-electron chi connectivity index (χ2n) is 5.09. The van der Waals surface area contributed by atoms with Gasteiger partial charge in [-0.25, -0.2) is 4.79 Å². The fraction of sp³-hybridized carbons (Fsp3) is 0.176. The van der Waals surface area contributed by atoms with E-state index in [2.05, 4.69) is 5.32 Å². The first-order valence-electron chi connectivity index (χ1n) is 7.45. The summed E-state index contributed by atoms with van der Waals surface area (Å²) in [5.41, 5.74) is 0.233. The van der Waals surface area contributed by atoms with E-state index in [0.717, 1.165) is 6.42 Å². The lowest BCUT2D eigenvalue weighted by Gasteiger charge is -2.07. The molecular formula is C17H15ClN2O5. The van der Waals surface area contributed by atoms with Gasteiger partial charge in [0.1, 0.15) is 5.56 Å². The Morgan fingerprint density at radius 3 is 2.48 bits per heavy atom. The van der Waals surface area contributed by atoms with Crippen LogP contribution in [0.4, 0.5) is 11.4 Å². The molecule has 1 amide bonds. The van der Waals surface area contributed by atoms with Gasteiger partial charge < -0.3 is 10.1 Å². The van der Waals surface area contributed by atoms with Crippen LogP contribution in [-0.2, 0) is 4.74 Å². The van der Waals surface area contributed by atoms with Crippen molar-refractivity contribution in [1.29, 1.82) is 0 Å². The number of benzene rings is 2. The van der Waals surface area contributed by atoms with E-state index in [1.54, 1.807) is 0 Å². The summed E-state index contributed by atoms with van der Waals surface area (Å²) in [5.74, 6) is -1.12. The van der Waals surface area contributed by atoms with Gasteiger partial charge in [0.05, 0.1) is 17.1 Å².